The van der Waals surface area contributed by atoms with Gasteiger partial charge in [0.05, 0.1) is 0 Å². The van der Waals surface area contributed by atoms with E-state index in [9.17, 15) is 4.39 Å². The second-order valence-electron chi connectivity index (χ2n) is 5.12. The minimum Gasteiger partial charge on any atom is -0.308 e. The largest absolute Gasteiger partial charge is 0.308 e. The van der Waals surface area contributed by atoms with Gasteiger partial charge < -0.3 is 10.2 Å². The molecule has 1 aromatic rings. The van der Waals surface area contributed by atoms with Crippen LogP contribution in [0.2, 0.25) is 0 Å². The molecule has 0 amide bonds. The second kappa shape index (κ2) is 6.72. The number of hydrogen-bond donors (Lipinski definition) is 1. The fourth-order valence-electron chi connectivity index (χ4n) is 1.80. The third kappa shape index (κ3) is 5.29. The van der Waals surface area contributed by atoms with Crippen LogP contribution < -0.4 is 5.32 Å². The molecule has 0 aliphatic carbocycles. The number of rotatable bonds is 6. The first-order valence-electron chi connectivity index (χ1n) is 6.11. The van der Waals surface area contributed by atoms with E-state index in [2.05, 4.69) is 38.2 Å². The minimum absolute atomic E-state index is 0.169. The molecule has 1 aromatic carbocycles. The van der Waals surface area contributed by atoms with Crippen LogP contribution in [-0.2, 0) is 6.54 Å². The van der Waals surface area contributed by atoms with Crippen LogP contribution in [0.3, 0.4) is 0 Å². The van der Waals surface area contributed by atoms with Crippen LogP contribution in [0.5, 0.6) is 0 Å². The molecule has 0 saturated carbocycles. The van der Waals surface area contributed by atoms with Crippen LogP contribution in [0.1, 0.15) is 19.4 Å². The normalized spacial score (nSPS) is 13.4. The maximum atomic E-state index is 13.0. The summed E-state index contributed by atoms with van der Waals surface area (Å²) in [7, 11) is 4.14. The maximum absolute atomic E-state index is 13.0. The zero-order chi connectivity index (χ0) is 12.8. The molecule has 2 nitrogen and oxygen atoms in total. The van der Waals surface area contributed by atoms with Gasteiger partial charge in [-0.25, -0.2) is 4.39 Å². The molecule has 0 aliphatic rings. The van der Waals surface area contributed by atoms with E-state index in [1.165, 1.54) is 6.07 Å². The summed E-state index contributed by atoms with van der Waals surface area (Å²) in [4.78, 5) is 2.17. The number of nitrogens with zero attached hydrogens (tertiary/aromatic N) is 1. The number of nitrogens with one attached hydrogen (secondary N) is 1. The van der Waals surface area contributed by atoms with Gasteiger partial charge in [-0.1, -0.05) is 26.0 Å². The van der Waals surface area contributed by atoms with Crippen molar-refractivity contribution in [3.05, 3.63) is 35.6 Å². The molecule has 0 bridgehead atoms. The average molecular weight is 238 g/mol. The molecule has 1 N–H and O–H groups in total. The lowest BCUT2D eigenvalue weighted by atomic mass is 10.0. The summed E-state index contributed by atoms with van der Waals surface area (Å²) in [6, 6.07) is 7.18. The van der Waals surface area contributed by atoms with Gasteiger partial charge in [-0.15, -0.1) is 0 Å². The van der Waals surface area contributed by atoms with Crippen molar-refractivity contribution in [1.29, 1.82) is 0 Å². The number of halogens is 1. The lowest BCUT2D eigenvalue weighted by Gasteiger charge is -2.25. The Morgan fingerprint density at radius 3 is 2.53 bits per heavy atom. The smallest absolute Gasteiger partial charge is 0.123 e. The van der Waals surface area contributed by atoms with E-state index in [0.29, 0.717) is 18.5 Å². The van der Waals surface area contributed by atoms with Crippen molar-refractivity contribution in [2.45, 2.75) is 26.4 Å². The lowest BCUT2D eigenvalue weighted by Crippen LogP contribution is -2.41. The Morgan fingerprint density at radius 2 is 2.00 bits per heavy atom. The minimum atomic E-state index is -0.169. The van der Waals surface area contributed by atoms with Crippen molar-refractivity contribution in [2.75, 3.05) is 20.6 Å². The molecule has 0 radical (unpaired) electrons. The topological polar surface area (TPSA) is 15.3 Å². The monoisotopic (exact) mass is 238 g/mol. The molecule has 96 valence electrons. The molecule has 17 heavy (non-hydrogen) atoms. The van der Waals surface area contributed by atoms with Crippen LogP contribution >= 0.6 is 0 Å². The van der Waals surface area contributed by atoms with E-state index in [4.69, 9.17) is 0 Å². The molecule has 0 saturated heterocycles. The van der Waals surface area contributed by atoms with E-state index < -0.39 is 0 Å². The van der Waals surface area contributed by atoms with Gasteiger partial charge in [0.15, 0.2) is 0 Å². The molecule has 0 heterocycles. The molecule has 0 aromatic heterocycles. The van der Waals surface area contributed by atoms with Crippen molar-refractivity contribution >= 4 is 0 Å². The molecule has 3 heteroatoms. The van der Waals surface area contributed by atoms with E-state index >= 15 is 0 Å². The predicted octanol–water partition coefficient (Wildman–Crippen LogP) is 2.50. The number of likely N-dealkylation sites (N-methyl/N-ethyl adjacent to an activating group) is 1. The van der Waals surface area contributed by atoms with Crippen molar-refractivity contribution in [1.82, 2.24) is 10.2 Å². The Balaban J connectivity index is 2.51. The molecular formula is C14H23FN2. The van der Waals surface area contributed by atoms with Gasteiger partial charge in [0.1, 0.15) is 5.82 Å². The van der Waals surface area contributed by atoms with Crippen molar-refractivity contribution in [3.63, 3.8) is 0 Å². The summed E-state index contributed by atoms with van der Waals surface area (Å²) in [6.07, 6.45) is 0. The first kappa shape index (κ1) is 14.1. The van der Waals surface area contributed by atoms with Gasteiger partial charge in [-0.3, -0.25) is 0 Å². The Morgan fingerprint density at radius 1 is 1.29 bits per heavy atom. The maximum Gasteiger partial charge on any atom is 0.123 e. The SMILES string of the molecule is CC(C)C(CN(C)C)NCc1cccc(F)c1. The van der Waals surface area contributed by atoms with Gasteiger partial charge in [0.2, 0.25) is 0 Å². The standard InChI is InChI=1S/C14H23FN2/c1-11(2)14(10-17(3)4)16-9-12-6-5-7-13(15)8-12/h5-8,11,14,16H,9-10H2,1-4H3. The van der Waals surface area contributed by atoms with Gasteiger partial charge in [0, 0.05) is 19.1 Å². The fourth-order valence-corrected chi connectivity index (χ4v) is 1.80. The molecule has 0 fully saturated rings. The highest BCUT2D eigenvalue weighted by atomic mass is 19.1. The molecular weight excluding hydrogens is 215 g/mol. The fraction of sp³-hybridized carbons (Fsp3) is 0.571. The Kier molecular flexibility index (Phi) is 5.59. The van der Waals surface area contributed by atoms with Crippen molar-refractivity contribution < 1.29 is 4.39 Å². The summed E-state index contributed by atoms with van der Waals surface area (Å²) in [5, 5.41) is 3.49. The summed E-state index contributed by atoms with van der Waals surface area (Å²) < 4.78 is 13.0. The average Bonchev–Trinajstić information content (AvgIpc) is 2.23. The van der Waals surface area contributed by atoms with Crippen LogP contribution in [0.25, 0.3) is 0 Å². The highest BCUT2D eigenvalue weighted by Crippen LogP contribution is 2.07. The van der Waals surface area contributed by atoms with Crippen molar-refractivity contribution in [2.24, 2.45) is 5.92 Å². The van der Waals surface area contributed by atoms with Crippen molar-refractivity contribution in [3.8, 4) is 0 Å². The van der Waals surface area contributed by atoms with E-state index in [1.807, 2.05) is 6.07 Å². The molecule has 0 aliphatic heterocycles. The summed E-state index contributed by atoms with van der Waals surface area (Å²) >= 11 is 0. The van der Waals surface area contributed by atoms with E-state index in [1.54, 1.807) is 12.1 Å². The summed E-state index contributed by atoms with van der Waals surface area (Å²) in [5.41, 5.74) is 0.995. The Hall–Kier alpha value is -0.930. The van der Waals surface area contributed by atoms with Gasteiger partial charge >= 0.3 is 0 Å². The highest BCUT2D eigenvalue weighted by Gasteiger charge is 2.13. The van der Waals surface area contributed by atoms with E-state index in [0.717, 1.165) is 12.1 Å². The zero-order valence-electron chi connectivity index (χ0n) is 11.2. The molecule has 1 atom stereocenters. The first-order valence-corrected chi connectivity index (χ1v) is 6.11. The van der Waals surface area contributed by atoms with E-state index in [-0.39, 0.29) is 5.82 Å². The zero-order valence-corrected chi connectivity index (χ0v) is 11.2. The highest BCUT2D eigenvalue weighted by molar-refractivity contribution is 5.16. The van der Waals surface area contributed by atoms with Crippen LogP contribution in [0, 0.1) is 11.7 Å². The molecule has 1 unspecified atom stereocenters. The summed E-state index contributed by atoms with van der Waals surface area (Å²) in [5.74, 6) is 0.393. The Labute approximate surface area is 104 Å². The van der Waals surface area contributed by atoms with Crippen LogP contribution in [0.15, 0.2) is 24.3 Å². The lowest BCUT2D eigenvalue weighted by molar-refractivity contribution is 0.288. The first-order chi connectivity index (χ1) is 7.99. The number of benzene rings is 1. The van der Waals surface area contributed by atoms with Gasteiger partial charge in [-0.05, 0) is 37.7 Å². The third-order valence-corrected chi connectivity index (χ3v) is 2.82. The van der Waals surface area contributed by atoms with Gasteiger partial charge in [0.25, 0.3) is 0 Å². The van der Waals surface area contributed by atoms with Crippen LogP contribution in [-0.4, -0.2) is 31.6 Å². The second-order valence-corrected chi connectivity index (χ2v) is 5.12. The Bertz CT molecular complexity index is 337. The quantitative estimate of drug-likeness (QED) is 0.819. The molecule has 1 rings (SSSR count). The van der Waals surface area contributed by atoms with Crippen LogP contribution in [0.4, 0.5) is 4.39 Å². The molecule has 0 spiro atoms. The summed E-state index contributed by atoms with van der Waals surface area (Å²) in [6.45, 7) is 6.11. The number of hydrogen-bond acceptors (Lipinski definition) is 2. The van der Waals surface area contributed by atoms with Gasteiger partial charge in [-0.2, -0.15) is 0 Å². The predicted molar refractivity (Wildman–Crippen MR) is 70.4 cm³/mol. The third-order valence-electron chi connectivity index (χ3n) is 2.82.